The number of benzene rings is 1. The van der Waals surface area contributed by atoms with E-state index in [4.69, 9.17) is 9.15 Å². The van der Waals surface area contributed by atoms with Crippen molar-refractivity contribution in [1.29, 1.82) is 0 Å². The Hall–Kier alpha value is -2.02. The third kappa shape index (κ3) is 4.99. The standard InChI is InChI=1S/C16H21N3O3S/c1-10(13(20)17-16(2,3)4)23-15-19-18-14(22-15)11-6-8-12(21-5)9-7-11/h6-10H,1-5H3,(H,17,20)/t10-/m0/s1. The predicted molar refractivity (Wildman–Crippen MR) is 89.5 cm³/mol. The van der Waals surface area contributed by atoms with Crippen LogP contribution in [0.5, 0.6) is 5.75 Å². The first-order valence-corrected chi connectivity index (χ1v) is 8.13. The van der Waals surface area contributed by atoms with Gasteiger partial charge in [-0.05, 0) is 52.0 Å². The Morgan fingerprint density at radius 2 is 1.91 bits per heavy atom. The van der Waals surface area contributed by atoms with Gasteiger partial charge in [-0.2, -0.15) is 0 Å². The zero-order valence-corrected chi connectivity index (χ0v) is 14.7. The quantitative estimate of drug-likeness (QED) is 0.846. The van der Waals surface area contributed by atoms with E-state index in [0.29, 0.717) is 11.1 Å². The Kier molecular flexibility index (Phi) is 5.30. The average molecular weight is 335 g/mol. The van der Waals surface area contributed by atoms with Gasteiger partial charge in [0.1, 0.15) is 5.75 Å². The van der Waals surface area contributed by atoms with Crippen LogP contribution in [0.1, 0.15) is 27.7 Å². The van der Waals surface area contributed by atoms with E-state index in [1.54, 1.807) is 7.11 Å². The highest BCUT2D eigenvalue weighted by Gasteiger charge is 2.22. The second kappa shape index (κ2) is 7.04. The van der Waals surface area contributed by atoms with Crippen LogP contribution in [-0.2, 0) is 4.79 Å². The zero-order valence-electron chi connectivity index (χ0n) is 13.9. The topological polar surface area (TPSA) is 77.2 Å². The molecule has 6 nitrogen and oxygen atoms in total. The third-order valence-corrected chi connectivity index (χ3v) is 3.82. The van der Waals surface area contributed by atoms with Crippen molar-refractivity contribution in [3.8, 4) is 17.2 Å². The molecule has 0 radical (unpaired) electrons. The van der Waals surface area contributed by atoms with E-state index >= 15 is 0 Å². The van der Waals surface area contributed by atoms with Crippen LogP contribution < -0.4 is 10.1 Å². The highest BCUT2D eigenvalue weighted by atomic mass is 32.2. The number of carbonyl (C=O) groups excluding carboxylic acids is 1. The van der Waals surface area contributed by atoms with Crippen molar-refractivity contribution in [2.45, 2.75) is 43.7 Å². The van der Waals surface area contributed by atoms with E-state index < -0.39 is 0 Å². The summed E-state index contributed by atoms with van der Waals surface area (Å²) in [6.45, 7) is 7.63. The summed E-state index contributed by atoms with van der Waals surface area (Å²) in [6.07, 6.45) is 0. The molecule has 0 aliphatic heterocycles. The third-order valence-electron chi connectivity index (χ3n) is 2.89. The molecule has 1 atom stereocenters. The molecule has 0 spiro atoms. The summed E-state index contributed by atoms with van der Waals surface area (Å²) in [5.41, 5.74) is 0.534. The van der Waals surface area contributed by atoms with E-state index in [0.717, 1.165) is 11.3 Å². The molecule has 124 valence electrons. The van der Waals surface area contributed by atoms with Gasteiger partial charge in [0.15, 0.2) is 0 Å². The van der Waals surface area contributed by atoms with Gasteiger partial charge in [-0.1, -0.05) is 11.8 Å². The number of methoxy groups -OCH3 is 1. The van der Waals surface area contributed by atoms with Gasteiger partial charge in [-0.15, -0.1) is 10.2 Å². The number of nitrogens with one attached hydrogen (secondary N) is 1. The van der Waals surface area contributed by atoms with E-state index in [1.165, 1.54) is 11.8 Å². The van der Waals surface area contributed by atoms with E-state index in [9.17, 15) is 4.79 Å². The van der Waals surface area contributed by atoms with Gasteiger partial charge < -0.3 is 14.5 Å². The van der Waals surface area contributed by atoms with Gasteiger partial charge in [0.05, 0.1) is 12.4 Å². The van der Waals surface area contributed by atoms with E-state index in [2.05, 4.69) is 15.5 Å². The Labute approximate surface area is 140 Å². The fourth-order valence-corrected chi connectivity index (χ4v) is 2.47. The smallest absolute Gasteiger partial charge is 0.277 e. The maximum absolute atomic E-state index is 12.1. The molecule has 7 heteroatoms. The molecule has 0 saturated carbocycles. The molecule has 1 amide bonds. The van der Waals surface area contributed by atoms with Gasteiger partial charge in [0, 0.05) is 11.1 Å². The van der Waals surface area contributed by atoms with Gasteiger partial charge in [-0.25, -0.2) is 0 Å². The van der Waals surface area contributed by atoms with Crippen LogP contribution >= 0.6 is 11.8 Å². The summed E-state index contributed by atoms with van der Waals surface area (Å²) in [6, 6.07) is 7.34. The lowest BCUT2D eigenvalue weighted by molar-refractivity contribution is -0.121. The minimum Gasteiger partial charge on any atom is -0.497 e. The first-order chi connectivity index (χ1) is 10.8. The molecule has 0 aliphatic rings. The van der Waals surface area contributed by atoms with Gasteiger partial charge in [-0.3, -0.25) is 4.79 Å². The van der Waals surface area contributed by atoms with Crippen molar-refractivity contribution < 1.29 is 13.9 Å². The molecule has 1 aromatic heterocycles. The normalized spacial score (nSPS) is 12.7. The molecule has 2 aromatic rings. The molecule has 0 bridgehead atoms. The van der Waals surface area contributed by atoms with Crippen LogP contribution in [0, 0.1) is 0 Å². The van der Waals surface area contributed by atoms with Crippen LogP contribution in [0.3, 0.4) is 0 Å². The number of thioether (sulfide) groups is 1. The molecule has 0 unspecified atom stereocenters. The fourth-order valence-electron chi connectivity index (χ4n) is 1.78. The number of aromatic nitrogens is 2. The lowest BCUT2D eigenvalue weighted by Gasteiger charge is -2.22. The van der Waals surface area contributed by atoms with Crippen LogP contribution in [0.15, 0.2) is 33.9 Å². The summed E-state index contributed by atoms with van der Waals surface area (Å²) in [5, 5.41) is 11.0. The van der Waals surface area contributed by atoms with Crippen LogP contribution in [0.4, 0.5) is 0 Å². The van der Waals surface area contributed by atoms with Gasteiger partial charge >= 0.3 is 0 Å². The minimum atomic E-state index is -0.321. The Morgan fingerprint density at radius 3 is 2.48 bits per heavy atom. The summed E-state index contributed by atoms with van der Waals surface area (Å²) in [4.78, 5) is 12.1. The highest BCUT2D eigenvalue weighted by Crippen LogP contribution is 2.27. The average Bonchev–Trinajstić information content (AvgIpc) is 2.94. The second-order valence-electron chi connectivity index (χ2n) is 6.10. The number of rotatable bonds is 5. The molecule has 0 fully saturated rings. The van der Waals surface area contributed by atoms with Gasteiger partial charge in [0.2, 0.25) is 11.8 Å². The maximum atomic E-state index is 12.1. The monoisotopic (exact) mass is 335 g/mol. The van der Waals surface area contributed by atoms with Crippen molar-refractivity contribution in [2.24, 2.45) is 0 Å². The molecule has 0 saturated heterocycles. The molecule has 23 heavy (non-hydrogen) atoms. The number of nitrogens with zero attached hydrogens (tertiary/aromatic N) is 2. The lowest BCUT2D eigenvalue weighted by atomic mass is 10.1. The van der Waals surface area contributed by atoms with Crippen LogP contribution in [0.25, 0.3) is 11.5 Å². The van der Waals surface area contributed by atoms with Crippen molar-refractivity contribution in [3.63, 3.8) is 0 Å². The zero-order chi connectivity index (χ0) is 17.0. The van der Waals surface area contributed by atoms with Crippen LogP contribution in [0.2, 0.25) is 0 Å². The number of ether oxygens (including phenoxy) is 1. The lowest BCUT2D eigenvalue weighted by Crippen LogP contribution is -2.44. The number of amides is 1. The minimum absolute atomic E-state index is 0.0632. The Balaban J connectivity index is 2.02. The largest absolute Gasteiger partial charge is 0.497 e. The number of carbonyl (C=O) groups is 1. The van der Waals surface area contributed by atoms with E-state index in [1.807, 2.05) is 52.0 Å². The molecule has 0 aliphatic carbocycles. The van der Waals surface area contributed by atoms with Crippen LogP contribution in [-0.4, -0.2) is 34.0 Å². The Bertz CT molecular complexity index is 662. The first kappa shape index (κ1) is 17.3. The molecule has 1 heterocycles. The first-order valence-electron chi connectivity index (χ1n) is 7.25. The van der Waals surface area contributed by atoms with Gasteiger partial charge in [0.25, 0.3) is 5.22 Å². The summed E-state index contributed by atoms with van der Waals surface area (Å²) in [7, 11) is 1.61. The second-order valence-corrected chi connectivity index (χ2v) is 7.39. The maximum Gasteiger partial charge on any atom is 0.277 e. The summed E-state index contributed by atoms with van der Waals surface area (Å²) >= 11 is 1.24. The van der Waals surface area contributed by atoms with E-state index in [-0.39, 0.29) is 16.7 Å². The molecular weight excluding hydrogens is 314 g/mol. The molecule has 2 rings (SSSR count). The summed E-state index contributed by atoms with van der Waals surface area (Å²) < 4.78 is 10.7. The van der Waals surface area contributed by atoms with Crippen molar-refractivity contribution in [1.82, 2.24) is 15.5 Å². The number of hydrogen-bond donors (Lipinski definition) is 1. The summed E-state index contributed by atoms with van der Waals surface area (Å²) in [5.74, 6) is 1.11. The van der Waals surface area contributed by atoms with Crippen molar-refractivity contribution in [3.05, 3.63) is 24.3 Å². The Morgan fingerprint density at radius 1 is 1.26 bits per heavy atom. The van der Waals surface area contributed by atoms with Crippen molar-refractivity contribution >= 4 is 17.7 Å². The highest BCUT2D eigenvalue weighted by molar-refractivity contribution is 8.00. The van der Waals surface area contributed by atoms with Crippen molar-refractivity contribution in [2.75, 3.05) is 7.11 Å². The predicted octanol–water partition coefficient (Wildman–Crippen LogP) is 3.14. The molecular formula is C16H21N3O3S. The molecule has 1 aromatic carbocycles. The SMILES string of the molecule is COc1ccc(-c2nnc(S[C@@H](C)C(=O)NC(C)(C)C)o2)cc1. The fraction of sp³-hybridized carbons (Fsp3) is 0.438. The number of hydrogen-bond acceptors (Lipinski definition) is 6. The molecule has 1 N–H and O–H groups in total.